The molecule has 0 radical (unpaired) electrons. The molecule has 2 aromatic carbocycles. The molecule has 3 aromatic rings. The molecule has 0 amide bonds. The van der Waals surface area contributed by atoms with Crippen molar-refractivity contribution in [3.05, 3.63) is 76.3 Å². The number of hydrogen-bond acceptors (Lipinski definition) is 6. The average Bonchev–Trinajstić information content (AvgIpc) is 3.35. The second-order valence-corrected chi connectivity index (χ2v) is 10.9. The van der Waals surface area contributed by atoms with Crippen LogP contribution < -0.4 is 0 Å². The average molecular weight is 601 g/mol. The van der Waals surface area contributed by atoms with Crippen LogP contribution in [0.2, 0.25) is 0 Å². The maximum atomic E-state index is 13.2. The third kappa shape index (κ3) is 7.66. The molecule has 4 rings (SSSR count). The lowest BCUT2D eigenvalue weighted by molar-refractivity contribution is -0.185. The number of benzene rings is 2. The first-order valence-corrected chi connectivity index (χ1v) is 14.0. The summed E-state index contributed by atoms with van der Waals surface area (Å²) >= 11 is 1.19. The topological polar surface area (TPSA) is 51.7 Å². The Morgan fingerprint density at radius 1 is 1.02 bits per heavy atom. The highest BCUT2D eigenvalue weighted by Gasteiger charge is 2.41. The number of ether oxygens (including phenoxy) is 2. The molecule has 1 saturated heterocycles. The fourth-order valence-corrected chi connectivity index (χ4v) is 6.00. The Balaban J connectivity index is 1.62. The Morgan fingerprint density at radius 2 is 1.66 bits per heavy atom. The molecule has 2 heterocycles. The quantitative estimate of drug-likeness (QED) is 0.184. The van der Waals surface area contributed by atoms with E-state index in [4.69, 9.17) is 9.47 Å². The van der Waals surface area contributed by atoms with Gasteiger partial charge in [0.1, 0.15) is 11.1 Å². The minimum atomic E-state index is -4.49. The van der Waals surface area contributed by atoms with E-state index >= 15 is 0 Å². The lowest BCUT2D eigenvalue weighted by atomic mass is 9.96. The summed E-state index contributed by atoms with van der Waals surface area (Å²) < 4.78 is 90.1. The van der Waals surface area contributed by atoms with E-state index in [1.165, 1.54) is 30.6 Å². The molecule has 222 valence electrons. The predicted octanol–water partition coefficient (Wildman–Crippen LogP) is 7.99. The van der Waals surface area contributed by atoms with Gasteiger partial charge in [-0.15, -0.1) is 11.3 Å². The maximum absolute atomic E-state index is 13.2. The number of piperidine rings is 1. The first-order valence-electron chi connectivity index (χ1n) is 13.1. The van der Waals surface area contributed by atoms with Crippen LogP contribution in [0.1, 0.15) is 60.1 Å². The van der Waals surface area contributed by atoms with Gasteiger partial charge in [0.15, 0.2) is 6.10 Å². The van der Waals surface area contributed by atoms with Gasteiger partial charge in [0, 0.05) is 19.2 Å². The van der Waals surface area contributed by atoms with Gasteiger partial charge < -0.3 is 9.47 Å². The highest BCUT2D eigenvalue weighted by molar-refractivity contribution is 7.15. The fourth-order valence-electron chi connectivity index (χ4n) is 4.80. The SMILES string of the molecule is CC[C@@H](OC(=O)C(OC)c1ccccc1)c1sc(-c2ccc(C(F)(F)F)cc2)nc1CN1CCC(C(F)(F)F)CC1. The van der Waals surface area contributed by atoms with Gasteiger partial charge in [-0.25, -0.2) is 9.78 Å². The second-order valence-electron chi connectivity index (χ2n) is 9.86. The Kier molecular flexibility index (Phi) is 9.76. The summed E-state index contributed by atoms with van der Waals surface area (Å²) in [4.78, 5) is 20.3. The van der Waals surface area contributed by atoms with Crippen molar-refractivity contribution in [2.45, 2.75) is 57.3 Å². The second kappa shape index (κ2) is 12.9. The number of rotatable bonds is 9. The maximum Gasteiger partial charge on any atom is 0.416 e. The molecule has 0 spiro atoms. The Bertz CT molecular complexity index is 1290. The van der Waals surface area contributed by atoms with Gasteiger partial charge in [-0.1, -0.05) is 49.4 Å². The van der Waals surface area contributed by atoms with Gasteiger partial charge in [0.2, 0.25) is 0 Å². The van der Waals surface area contributed by atoms with Crippen LogP contribution in [-0.2, 0) is 27.0 Å². The molecule has 0 bridgehead atoms. The van der Waals surface area contributed by atoms with E-state index in [1.807, 2.05) is 11.8 Å². The van der Waals surface area contributed by atoms with Crippen LogP contribution in [0.3, 0.4) is 0 Å². The van der Waals surface area contributed by atoms with Crippen molar-refractivity contribution < 1.29 is 40.6 Å². The minimum absolute atomic E-state index is 0.0342. The van der Waals surface area contributed by atoms with Gasteiger partial charge in [0.05, 0.1) is 22.1 Å². The molecule has 5 nitrogen and oxygen atoms in total. The summed E-state index contributed by atoms with van der Waals surface area (Å²) in [5.74, 6) is -1.98. The van der Waals surface area contributed by atoms with Crippen LogP contribution in [0.25, 0.3) is 10.6 Å². The number of thiazole rings is 1. The lowest BCUT2D eigenvalue weighted by Crippen LogP contribution is -2.38. The van der Waals surface area contributed by atoms with Crippen molar-refractivity contribution in [3.63, 3.8) is 0 Å². The molecule has 0 N–H and O–H groups in total. The van der Waals surface area contributed by atoms with E-state index in [1.54, 1.807) is 30.3 Å². The van der Waals surface area contributed by atoms with Gasteiger partial charge in [-0.05, 0) is 50.0 Å². The standard InChI is InChI=1S/C29H30F6N2O3S/c1-3-23(40-27(38)24(39-2)18-7-5-4-6-8-18)25-22(17-37-15-13-21(14-16-37)29(33,34)35)36-26(41-25)19-9-11-20(12-10-19)28(30,31)32/h4-12,21,23-24H,3,13-17H2,1-2H3/t23-,24?/m1/s1. The van der Waals surface area contributed by atoms with Crippen LogP contribution in [0.4, 0.5) is 26.3 Å². The zero-order chi connectivity index (χ0) is 29.8. The van der Waals surface area contributed by atoms with E-state index in [0.29, 0.717) is 33.1 Å². The minimum Gasteiger partial charge on any atom is -0.454 e. The van der Waals surface area contributed by atoms with E-state index in [9.17, 15) is 31.1 Å². The summed E-state index contributed by atoms with van der Waals surface area (Å²) in [6.07, 6.45) is -10.1. The number of likely N-dealkylation sites (tertiary alicyclic amines) is 1. The number of aromatic nitrogens is 1. The molecule has 0 saturated carbocycles. The number of alkyl halides is 6. The third-order valence-electron chi connectivity index (χ3n) is 7.08. The molecule has 1 aliphatic heterocycles. The van der Waals surface area contributed by atoms with Crippen molar-refractivity contribution in [3.8, 4) is 10.6 Å². The molecule has 1 aliphatic rings. The zero-order valence-electron chi connectivity index (χ0n) is 22.5. The first-order chi connectivity index (χ1) is 19.4. The van der Waals surface area contributed by atoms with Crippen molar-refractivity contribution in [1.29, 1.82) is 0 Å². The van der Waals surface area contributed by atoms with E-state index in [0.717, 1.165) is 12.1 Å². The number of esters is 1. The number of hydrogen-bond donors (Lipinski definition) is 0. The zero-order valence-corrected chi connectivity index (χ0v) is 23.3. The van der Waals surface area contributed by atoms with Crippen molar-refractivity contribution >= 4 is 17.3 Å². The normalized spacial score (nSPS) is 16.9. The first kappa shape index (κ1) is 31.0. The third-order valence-corrected chi connectivity index (χ3v) is 8.32. The van der Waals surface area contributed by atoms with Crippen LogP contribution in [0.5, 0.6) is 0 Å². The summed E-state index contributed by atoms with van der Waals surface area (Å²) in [5, 5.41) is 0.426. The summed E-state index contributed by atoms with van der Waals surface area (Å²) in [6.45, 7) is 2.47. The van der Waals surface area contributed by atoms with Crippen LogP contribution >= 0.6 is 11.3 Å². The highest BCUT2D eigenvalue weighted by Crippen LogP contribution is 2.39. The predicted molar refractivity (Wildman–Crippen MR) is 142 cm³/mol. The number of methoxy groups -OCH3 is 1. The molecule has 1 unspecified atom stereocenters. The molecule has 12 heteroatoms. The van der Waals surface area contributed by atoms with Gasteiger partial charge >= 0.3 is 18.3 Å². The number of halogens is 6. The number of carbonyl (C=O) groups is 1. The Morgan fingerprint density at radius 3 is 2.20 bits per heavy atom. The van der Waals surface area contributed by atoms with E-state index in [2.05, 4.69) is 4.98 Å². The van der Waals surface area contributed by atoms with Crippen LogP contribution in [0.15, 0.2) is 54.6 Å². The van der Waals surface area contributed by atoms with Crippen molar-refractivity contribution in [2.24, 2.45) is 5.92 Å². The molecular weight excluding hydrogens is 570 g/mol. The number of carbonyl (C=O) groups excluding carboxylic acids is 1. The highest BCUT2D eigenvalue weighted by atomic mass is 32.1. The molecule has 0 aliphatic carbocycles. The van der Waals surface area contributed by atoms with Crippen LogP contribution in [0, 0.1) is 5.92 Å². The van der Waals surface area contributed by atoms with Gasteiger partial charge in [0.25, 0.3) is 0 Å². The monoisotopic (exact) mass is 600 g/mol. The molecule has 2 atom stereocenters. The number of nitrogens with zero attached hydrogens (tertiary/aromatic N) is 2. The van der Waals surface area contributed by atoms with Gasteiger partial charge in [-0.2, -0.15) is 26.3 Å². The van der Waals surface area contributed by atoms with Crippen LogP contribution in [-0.4, -0.2) is 42.2 Å². The Hall–Kier alpha value is -2.96. The fraction of sp³-hybridized carbons (Fsp3) is 0.448. The smallest absolute Gasteiger partial charge is 0.416 e. The summed E-state index contributed by atoms with van der Waals surface area (Å²) in [5.41, 5.74) is 0.783. The molecule has 41 heavy (non-hydrogen) atoms. The Labute approximate surface area is 238 Å². The van der Waals surface area contributed by atoms with Crippen molar-refractivity contribution in [1.82, 2.24) is 9.88 Å². The molecule has 1 fully saturated rings. The largest absolute Gasteiger partial charge is 0.454 e. The molecular formula is C29H30F6N2O3S. The van der Waals surface area contributed by atoms with Crippen molar-refractivity contribution in [2.75, 3.05) is 20.2 Å². The van der Waals surface area contributed by atoms with E-state index in [-0.39, 0.29) is 32.5 Å². The lowest BCUT2D eigenvalue weighted by Gasteiger charge is -2.32. The summed E-state index contributed by atoms with van der Waals surface area (Å²) in [6, 6.07) is 13.4. The molecule has 1 aromatic heterocycles. The van der Waals surface area contributed by atoms with E-state index < -0.39 is 42.0 Å². The van der Waals surface area contributed by atoms with Gasteiger partial charge in [-0.3, -0.25) is 4.90 Å². The summed E-state index contributed by atoms with van der Waals surface area (Å²) in [7, 11) is 1.39.